The molecule has 2 aromatic carbocycles. The van der Waals surface area contributed by atoms with Gasteiger partial charge in [-0.05, 0) is 48.6 Å². The Kier molecular flexibility index (Phi) is 5.33. The molecule has 5 heteroatoms. The number of nitrogens with one attached hydrogen (secondary N) is 1. The third kappa shape index (κ3) is 3.88. The summed E-state index contributed by atoms with van der Waals surface area (Å²) in [6, 6.07) is 16.2. The van der Waals surface area contributed by atoms with E-state index in [1.54, 1.807) is 4.90 Å². The van der Waals surface area contributed by atoms with Crippen molar-refractivity contribution in [3.63, 3.8) is 0 Å². The number of carbonyl (C=O) groups is 2. The van der Waals surface area contributed by atoms with Crippen LogP contribution in [0.25, 0.3) is 0 Å². The van der Waals surface area contributed by atoms with E-state index < -0.39 is 0 Å². The van der Waals surface area contributed by atoms with E-state index in [9.17, 15) is 9.59 Å². The molecule has 2 aromatic rings. The number of rotatable bonds is 4. The van der Waals surface area contributed by atoms with Gasteiger partial charge in [-0.25, -0.2) is 4.79 Å². The second-order valence-corrected chi connectivity index (χ2v) is 7.76. The van der Waals surface area contributed by atoms with E-state index in [4.69, 9.17) is 0 Å². The lowest BCUT2D eigenvalue weighted by Gasteiger charge is -2.34. The molecule has 28 heavy (non-hydrogen) atoms. The Hall–Kier alpha value is -2.82. The van der Waals surface area contributed by atoms with Gasteiger partial charge in [0.15, 0.2) is 0 Å². The third-order valence-electron chi connectivity index (χ3n) is 5.86. The van der Waals surface area contributed by atoms with Crippen molar-refractivity contribution in [2.75, 3.05) is 31.1 Å². The first-order valence-corrected chi connectivity index (χ1v) is 10.1. The average Bonchev–Trinajstić information content (AvgIpc) is 3.15. The molecule has 1 N–H and O–H groups in total. The van der Waals surface area contributed by atoms with Crippen molar-refractivity contribution in [3.05, 3.63) is 65.2 Å². The summed E-state index contributed by atoms with van der Waals surface area (Å²) in [5, 5.41) is 2.81. The van der Waals surface area contributed by atoms with E-state index in [2.05, 4.69) is 36.5 Å². The molecule has 2 saturated heterocycles. The van der Waals surface area contributed by atoms with Crippen LogP contribution in [0.1, 0.15) is 35.4 Å². The molecule has 0 spiro atoms. The molecule has 2 aliphatic heterocycles. The number of aryl methyl sites for hydroxylation is 1. The minimum atomic E-state index is -0.0561. The van der Waals surface area contributed by atoms with Crippen LogP contribution in [0.15, 0.2) is 48.5 Å². The summed E-state index contributed by atoms with van der Waals surface area (Å²) >= 11 is 0. The molecule has 1 atom stereocenters. The van der Waals surface area contributed by atoms with Gasteiger partial charge in [0.1, 0.15) is 0 Å². The van der Waals surface area contributed by atoms with Crippen molar-refractivity contribution in [1.29, 1.82) is 0 Å². The zero-order valence-corrected chi connectivity index (χ0v) is 16.4. The van der Waals surface area contributed by atoms with E-state index in [-0.39, 0.29) is 11.9 Å². The Morgan fingerprint density at radius 1 is 1.11 bits per heavy atom. The number of piperidine rings is 1. The number of hydrogen-bond acceptors (Lipinski definition) is 2. The summed E-state index contributed by atoms with van der Waals surface area (Å²) in [5.74, 6) is 0.611. The van der Waals surface area contributed by atoms with Crippen LogP contribution in [-0.2, 0) is 11.2 Å². The van der Waals surface area contributed by atoms with Crippen LogP contribution in [0.2, 0.25) is 0 Å². The van der Waals surface area contributed by atoms with E-state index in [0.29, 0.717) is 25.4 Å². The highest BCUT2D eigenvalue weighted by Gasteiger charge is 2.26. The number of carbonyl (C=O) groups excluding carboxylic acids is 2. The molecule has 0 aliphatic carbocycles. The first-order chi connectivity index (χ1) is 13.6. The minimum Gasteiger partial charge on any atom is -0.342 e. The predicted molar refractivity (Wildman–Crippen MR) is 111 cm³/mol. The maximum atomic E-state index is 12.9. The van der Waals surface area contributed by atoms with Crippen LogP contribution >= 0.6 is 0 Å². The molecule has 3 amide bonds. The number of hydrogen-bond donors (Lipinski definition) is 1. The van der Waals surface area contributed by atoms with Gasteiger partial charge in [-0.1, -0.05) is 36.4 Å². The molecule has 2 heterocycles. The standard InChI is InChI=1S/C23H27N3O2/c1-17-5-2-3-7-21(17)19-6-4-13-25(16-19)22(27)15-18-8-10-20(11-9-18)26-14-12-24-23(26)28/h2-3,5,7-11,19H,4,6,12-16H2,1H3,(H,24,28)/t19-/m0/s1. The molecule has 2 aliphatic rings. The summed E-state index contributed by atoms with van der Waals surface area (Å²) < 4.78 is 0. The van der Waals surface area contributed by atoms with Gasteiger partial charge in [0, 0.05) is 37.8 Å². The van der Waals surface area contributed by atoms with Crippen LogP contribution in [0.5, 0.6) is 0 Å². The summed E-state index contributed by atoms with van der Waals surface area (Å²) in [4.78, 5) is 28.4. The zero-order valence-electron chi connectivity index (χ0n) is 16.4. The smallest absolute Gasteiger partial charge is 0.321 e. The molecule has 0 unspecified atom stereocenters. The van der Waals surface area contributed by atoms with Crippen LogP contribution in [0.4, 0.5) is 10.5 Å². The van der Waals surface area contributed by atoms with Crippen molar-refractivity contribution in [2.45, 2.75) is 32.1 Å². The summed E-state index contributed by atoms with van der Waals surface area (Å²) in [6.45, 7) is 5.16. The highest BCUT2D eigenvalue weighted by molar-refractivity contribution is 5.94. The van der Waals surface area contributed by atoms with Gasteiger partial charge in [-0.15, -0.1) is 0 Å². The normalized spacial score (nSPS) is 19.6. The molecule has 0 aromatic heterocycles. The fourth-order valence-corrected chi connectivity index (χ4v) is 4.30. The monoisotopic (exact) mass is 377 g/mol. The Balaban J connectivity index is 1.39. The number of likely N-dealkylation sites (tertiary alicyclic amines) is 1. The van der Waals surface area contributed by atoms with Crippen molar-refractivity contribution in [2.24, 2.45) is 0 Å². The fourth-order valence-electron chi connectivity index (χ4n) is 4.30. The number of benzene rings is 2. The lowest BCUT2D eigenvalue weighted by Crippen LogP contribution is -2.40. The first-order valence-electron chi connectivity index (χ1n) is 10.1. The molecule has 0 bridgehead atoms. The third-order valence-corrected chi connectivity index (χ3v) is 5.86. The lowest BCUT2D eigenvalue weighted by atomic mass is 9.88. The van der Waals surface area contributed by atoms with Crippen LogP contribution in [-0.4, -0.2) is 43.0 Å². The van der Waals surface area contributed by atoms with Crippen LogP contribution < -0.4 is 10.2 Å². The second kappa shape index (κ2) is 8.05. The maximum absolute atomic E-state index is 12.9. The number of amides is 3. The van der Waals surface area contributed by atoms with E-state index in [1.165, 1.54) is 11.1 Å². The van der Waals surface area contributed by atoms with E-state index >= 15 is 0 Å². The van der Waals surface area contributed by atoms with Gasteiger partial charge in [-0.2, -0.15) is 0 Å². The van der Waals surface area contributed by atoms with Crippen molar-refractivity contribution < 1.29 is 9.59 Å². The second-order valence-electron chi connectivity index (χ2n) is 7.76. The SMILES string of the molecule is Cc1ccccc1[C@H]1CCCN(C(=O)Cc2ccc(N3CCNC3=O)cc2)C1. The van der Waals surface area contributed by atoms with Crippen molar-refractivity contribution in [1.82, 2.24) is 10.2 Å². The van der Waals surface area contributed by atoms with Crippen molar-refractivity contribution >= 4 is 17.6 Å². The van der Waals surface area contributed by atoms with E-state index in [1.807, 2.05) is 29.2 Å². The molecule has 5 nitrogen and oxygen atoms in total. The van der Waals surface area contributed by atoms with Gasteiger partial charge < -0.3 is 10.2 Å². The van der Waals surface area contributed by atoms with Crippen LogP contribution in [0, 0.1) is 6.92 Å². The maximum Gasteiger partial charge on any atom is 0.321 e. The number of urea groups is 1. The van der Waals surface area contributed by atoms with Gasteiger partial charge >= 0.3 is 6.03 Å². The number of nitrogens with zero attached hydrogens (tertiary/aromatic N) is 2. The van der Waals surface area contributed by atoms with Crippen LogP contribution in [0.3, 0.4) is 0 Å². The average molecular weight is 377 g/mol. The summed E-state index contributed by atoms with van der Waals surface area (Å²) in [6.07, 6.45) is 2.60. The largest absolute Gasteiger partial charge is 0.342 e. The molecule has 146 valence electrons. The lowest BCUT2D eigenvalue weighted by molar-refractivity contribution is -0.131. The Morgan fingerprint density at radius 3 is 2.61 bits per heavy atom. The number of anilines is 1. The molecule has 0 saturated carbocycles. The van der Waals surface area contributed by atoms with Gasteiger partial charge in [0.05, 0.1) is 6.42 Å². The molecule has 2 fully saturated rings. The van der Waals surface area contributed by atoms with E-state index in [0.717, 1.165) is 37.2 Å². The Morgan fingerprint density at radius 2 is 1.89 bits per heavy atom. The molecular weight excluding hydrogens is 350 g/mol. The highest BCUT2D eigenvalue weighted by Crippen LogP contribution is 2.29. The predicted octanol–water partition coefficient (Wildman–Crippen LogP) is 3.47. The van der Waals surface area contributed by atoms with Gasteiger partial charge in [0.2, 0.25) is 5.91 Å². The fraction of sp³-hybridized carbons (Fsp3) is 0.391. The minimum absolute atomic E-state index is 0.0561. The Bertz CT molecular complexity index is 862. The summed E-state index contributed by atoms with van der Waals surface area (Å²) in [7, 11) is 0. The quantitative estimate of drug-likeness (QED) is 0.887. The Labute approximate surface area is 166 Å². The molecule has 0 radical (unpaired) electrons. The van der Waals surface area contributed by atoms with Gasteiger partial charge in [0.25, 0.3) is 0 Å². The zero-order chi connectivity index (χ0) is 19.5. The molecular formula is C23H27N3O2. The molecule has 4 rings (SSSR count). The summed E-state index contributed by atoms with van der Waals surface area (Å²) in [5.41, 5.74) is 4.55. The topological polar surface area (TPSA) is 52.7 Å². The highest BCUT2D eigenvalue weighted by atomic mass is 16.2. The first kappa shape index (κ1) is 18.5. The van der Waals surface area contributed by atoms with Crippen molar-refractivity contribution in [3.8, 4) is 0 Å². The van der Waals surface area contributed by atoms with Gasteiger partial charge in [-0.3, -0.25) is 9.69 Å².